The van der Waals surface area contributed by atoms with Crippen LogP contribution in [0.25, 0.3) is 0 Å². The van der Waals surface area contributed by atoms with Crippen LogP contribution >= 0.6 is 0 Å². The van der Waals surface area contributed by atoms with E-state index in [9.17, 15) is 18.0 Å². The maximum atomic E-state index is 12.4. The fraction of sp³-hybridized carbons (Fsp3) is 0.333. The number of urea groups is 1. The Hall–Kier alpha value is -2.39. The molecule has 1 aromatic rings. The van der Waals surface area contributed by atoms with E-state index < -0.39 is 16.1 Å². The Bertz CT molecular complexity index is 788. The Morgan fingerprint density at radius 2 is 2.00 bits per heavy atom. The van der Waals surface area contributed by atoms with Crippen molar-refractivity contribution in [3.8, 4) is 5.75 Å². The number of rotatable bonds is 6. The molecule has 0 aliphatic carbocycles. The second kappa shape index (κ2) is 6.62. The third-order valence-corrected chi connectivity index (χ3v) is 5.40. The van der Waals surface area contributed by atoms with Crippen LogP contribution in [0.2, 0.25) is 0 Å². The maximum Gasteiger partial charge on any atom is 0.332 e. The minimum absolute atomic E-state index is 0.0361. The SMILES string of the molecule is C=CCN1C(=O)CN(c2ccc(S(=O)(=O)N(C)C)cc2OC)C1=O. The highest BCUT2D eigenvalue weighted by molar-refractivity contribution is 7.89. The van der Waals surface area contributed by atoms with Gasteiger partial charge in [-0.3, -0.25) is 14.6 Å². The van der Waals surface area contributed by atoms with Crippen molar-refractivity contribution in [3.05, 3.63) is 30.9 Å². The number of amides is 3. The molecule has 0 radical (unpaired) electrons. The summed E-state index contributed by atoms with van der Waals surface area (Å²) in [5.41, 5.74) is 0.333. The van der Waals surface area contributed by atoms with Crippen LogP contribution in [0.15, 0.2) is 35.7 Å². The molecule has 0 spiro atoms. The molecule has 0 bridgehead atoms. The molecule has 1 aliphatic heterocycles. The van der Waals surface area contributed by atoms with Crippen molar-refractivity contribution >= 4 is 27.6 Å². The molecule has 1 fully saturated rings. The quantitative estimate of drug-likeness (QED) is 0.560. The molecule has 1 heterocycles. The Morgan fingerprint density at radius 1 is 1.33 bits per heavy atom. The predicted molar refractivity (Wildman–Crippen MR) is 88.5 cm³/mol. The standard InChI is InChI=1S/C15H19N3O5S/c1-5-8-17-14(19)10-18(15(17)20)12-7-6-11(9-13(12)23-4)24(21,22)16(2)3/h5-7,9H,1,8,10H2,2-4H3. The molecule has 1 saturated heterocycles. The summed E-state index contributed by atoms with van der Waals surface area (Å²) < 4.78 is 30.7. The number of imide groups is 1. The van der Waals surface area contributed by atoms with Crippen molar-refractivity contribution < 1.29 is 22.7 Å². The third kappa shape index (κ3) is 3.00. The first-order chi connectivity index (χ1) is 11.2. The highest BCUT2D eigenvalue weighted by Gasteiger charge is 2.37. The van der Waals surface area contributed by atoms with Crippen LogP contribution in [0.4, 0.5) is 10.5 Å². The lowest BCUT2D eigenvalue weighted by Crippen LogP contribution is -2.33. The van der Waals surface area contributed by atoms with E-state index in [4.69, 9.17) is 4.74 Å². The van der Waals surface area contributed by atoms with E-state index in [0.29, 0.717) is 5.69 Å². The average Bonchev–Trinajstić information content (AvgIpc) is 2.82. The second-order valence-electron chi connectivity index (χ2n) is 5.28. The van der Waals surface area contributed by atoms with E-state index in [2.05, 4.69) is 6.58 Å². The fourth-order valence-corrected chi connectivity index (χ4v) is 3.21. The van der Waals surface area contributed by atoms with E-state index in [-0.39, 0.29) is 29.6 Å². The van der Waals surface area contributed by atoms with Gasteiger partial charge in [-0.2, -0.15) is 0 Å². The Balaban J connectivity index is 2.44. The molecule has 0 aromatic heterocycles. The number of nitrogens with zero attached hydrogens (tertiary/aromatic N) is 3. The summed E-state index contributed by atoms with van der Waals surface area (Å²) in [6, 6.07) is 3.67. The zero-order valence-corrected chi connectivity index (χ0v) is 14.5. The number of hydrogen-bond acceptors (Lipinski definition) is 5. The molecule has 130 valence electrons. The fourth-order valence-electron chi connectivity index (χ4n) is 2.29. The van der Waals surface area contributed by atoms with E-state index in [1.807, 2.05) is 0 Å². The van der Waals surface area contributed by atoms with E-state index in [0.717, 1.165) is 9.21 Å². The van der Waals surface area contributed by atoms with Gasteiger partial charge in [0.15, 0.2) is 0 Å². The predicted octanol–water partition coefficient (Wildman–Crippen LogP) is 0.900. The van der Waals surface area contributed by atoms with E-state index >= 15 is 0 Å². The molecule has 0 saturated carbocycles. The van der Waals surface area contributed by atoms with Crippen LogP contribution in [-0.2, 0) is 14.8 Å². The number of anilines is 1. The Kier molecular flexibility index (Phi) is 4.95. The largest absolute Gasteiger partial charge is 0.495 e. The molecular formula is C15H19N3O5S. The number of methoxy groups -OCH3 is 1. The van der Waals surface area contributed by atoms with Gasteiger partial charge in [-0.15, -0.1) is 6.58 Å². The number of carbonyl (C=O) groups is 2. The van der Waals surface area contributed by atoms with Crippen molar-refractivity contribution in [1.82, 2.24) is 9.21 Å². The van der Waals surface area contributed by atoms with Crippen LogP contribution in [0, 0.1) is 0 Å². The molecule has 3 amide bonds. The van der Waals surface area contributed by atoms with Crippen molar-refractivity contribution in [3.63, 3.8) is 0 Å². The number of carbonyl (C=O) groups excluding carboxylic acids is 2. The topological polar surface area (TPSA) is 87.2 Å². The lowest BCUT2D eigenvalue weighted by atomic mass is 10.2. The van der Waals surface area contributed by atoms with E-state index in [1.165, 1.54) is 50.4 Å². The lowest BCUT2D eigenvalue weighted by molar-refractivity contribution is -0.124. The molecule has 1 aromatic carbocycles. The summed E-state index contributed by atoms with van der Waals surface area (Å²) in [4.78, 5) is 26.7. The van der Waals surface area contributed by atoms with Gasteiger partial charge in [-0.05, 0) is 12.1 Å². The van der Waals surface area contributed by atoms with Gasteiger partial charge in [0.25, 0.3) is 5.91 Å². The first kappa shape index (κ1) is 18.0. The molecule has 9 heteroatoms. The van der Waals surface area contributed by atoms with Crippen LogP contribution in [-0.4, -0.2) is 63.9 Å². The number of hydrogen-bond donors (Lipinski definition) is 0. The summed E-state index contributed by atoms with van der Waals surface area (Å²) in [6.45, 7) is 3.50. The number of ether oxygens (including phenoxy) is 1. The number of benzene rings is 1. The van der Waals surface area contributed by atoms with Gasteiger partial charge in [0.1, 0.15) is 12.3 Å². The van der Waals surface area contributed by atoms with Gasteiger partial charge < -0.3 is 4.74 Å². The Morgan fingerprint density at radius 3 is 2.54 bits per heavy atom. The van der Waals surface area contributed by atoms with Crippen molar-refractivity contribution in [2.75, 3.05) is 39.2 Å². The molecule has 1 aliphatic rings. The van der Waals surface area contributed by atoms with Gasteiger partial charge in [0.05, 0.1) is 17.7 Å². The van der Waals surface area contributed by atoms with Crippen LogP contribution in [0.5, 0.6) is 5.75 Å². The monoisotopic (exact) mass is 353 g/mol. The minimum Gasteiger partial charge on any atom is -0.495 e. The molecule has 0 unspecified atom stereocenters. The summed E-state index contributed by atoms with van der Waals surface area (Å²) in [7, 11) is 0.580. The van der Waals surface area contributed by atoms with Crippen LogP contribution < -0.4 is 9.64 Å². The van der Waals surface area contributed by atoms with Gasteiger partial charge in [-0.1, -0.05) is 6.08 Å². The zero-order valence-electron chi connectivity index (χ0n) is 13.7. The summed E-state index contributed by atoms with van der Waals surface area (Å²) in [5, 5.41) is 0. The number of sulfonamides is 1. The van der Waals surface area contributed by atoms with Crippen molar-refractivity contribution in [2.45, 2.75) is 4.90 Å². The van der Waals surface area contributed by atoms with Gasteiger partial charge in [-0.25, -0.2) is 17.5 Å². The van der Waals surface area contributed by atoms with Gasteiger partial charge >= 0.3 is 6.03 Å². The average molecular weight is 353 g/mol. The molecule has 8 nitrogen and oxygen atoms in total. The van der Waals surface area contributed by atoms with Crippen molar-refractivity contribution in [1.29, 1.82) is 0 Å². The smallest absolute Gasteiger partial charge is 0.332 e. The zero-order chi connectivity index (χ0) is 18.1. The Labute approximate surface area is 140 Å². The van der Waals surface area contributed by atoms with Crippen LogP contribution in [0.1, 0.15) is 0 Å². The highest BCUT2D eigenvalue weighted by Crippen LogP contribution is 2.33. The maximum absolute atomic E-state index is 12.4. The van der Waals surface area contributed by atoms with Gasteiger partial charge in [0.2, 0.25) is 10.0 Å². The van der Waals surface area contributed by atoms with E-state index in [1.54, 1.807) is 0 Å². The molecule has 0 atom stereocenters. The van der Waals surface area contributed by atoms with Gasteiger partial charge in [0, 0.05) is 26.7 Å². The molecule has 24 heavy (non-hydrogen) atoms. The third-order valence-electron chi connectivity index (χ3n) is 3.59. The van der Waals surface area contributed by atoms with Crippen molar-refractivity contribution in [2.24, 2.45) is 0 Å². The minimum atomic E-state index is -3.63. The lowest BCUT2D eigenvalue weighted by Gasteiger charge is -2.20. The highest BCUT2D eigenvalue weighted by atomic mass is 32.2. The summed E-state index contributed by atoms with van der Waals surface area (Å²) in [5.74, 6) is -0.161. The molecule has 0 N–H and O–H groups in total. The first-order valence-corrected chi connectivity index (χ1v) is 8.51. The second-order valence-corrected chi connectivity index (χ2v) is 7.43. The van der Waals surface area contributed by atoms with Crippen LogP contribution in [0.3, 0.4) is 0 Å². The molecular weight excluding hydrogens is 334 g/mol. The summed E-state index contributed by atoms with van der Waals surface area (Å²) >= 11 is 0. The summed E-state index contributed by atoms with van der Waals surface area (Å²) in [6.07, 6.45) is 1.46. The molecule has 2 rings (SSSR count). The first-order valence-electron chi connectivity index (χ1n) is 7.07. The normalized spacial score (nSPS) is 15.3.